The fraction of sp³-hybridized carbons (Fsp3) is 0.200. The van der Waals surface area contributed by atoms with Crippen molar-refractivity contribution in [1.29, 1.82) is 0 Å². The molecule has 0 unspecified atom stereocenters. The van der Waals surface area contributed by atoms with Crippen molar-refractivity contribution in [2.75, 3.05) is 0 Å². The van der Waals surface area contributed by atoms with Crippen LogP contribution < -0.4 is 16.6 Å². The Morgan fingerprint density at radius 3 is 2.59 bits per heavy atom. The normalized spacial score (nSPS) is 9.82. The molecule has 17 heavy (non-hydrogen) atoms. The summed E-state index contributed by atoms with van der Waals surface area (Å²) in [5.41, 5.74) is 2.05. The number of nitrogens with two attached hydrogens (primary N) is 1. The summed E-state index contributed by atoms with van der Waals surface area (Å²) in [6, 6.07) is 3.75. The lowest BCUT2D eigenvalue weighted by Gasteiger charge is -2.06. The lowest BCUT2D eigenvalue weighted by Crippen LogP contribution is -2.42. The quantitative estimate of drug-likeness (QED) is 0.300. The van der Waals surface area contributed by atoms with E-state index >= 15 is 0 Å². The van der Waals surface area contributed by atoms with Crippen LogP contribution in [0.4, 0.5) is 8.78 Å². The number of hydrazine groups is 1. The van der Waals surface area contributed by atoms with Crippen molar-refractivity contribution in [2.24, 2.45) is 5.84 Å². The number of nitrogens with one attached hydrogen (secondary N) is 2. The molecule has 0 spiro atoms. The highest BCUT2D eigenvalue weighted by Gasteiger charge is 2.11. The molecular weight excluding hydrogens is 232 g/mol. The standard InChI is InChI=1S/C10H11F2N3O2/c11-4-7-3-6(1-2-8(7)12)5-14-9(16)10(17)15-13/h1-3H,4-5,13H2,(H,14,16)(H,15,17). The summed E-state index contributed by atoms with van der Waals surface area (Å²) in [4.78, 5) is 21.8. The van der Waals surface area contributed by atoms with E-state index in [9.17, 15) is 18.4 Å². The van der Waals surface area contributed by atoms with Crippen molar-refractivity contribution in [2.45, 2.75) is 13.2 Å². The number of carbonyl (C=O) groups is 2. The zero-order valence-corrected chi connectivity index (χ0v) is 8.80. The van der Waals surface area contributed by atoms with Crippen LogP contribution in [0.3, 0.4) is 0 Å². The molecular formula is C10H11F2N3O2. The van der Waals surface area contributed by atoms with Crippen molar-refractivity contribution >= 4 is 11.8 Å². The smallest absolute Gasteiger partial charge is 0.323 e. The third-order valence-corrected chi connectivity index (χ3v) is 2.04. The molecule has 2 amide bonds. The molecule has 0 aliphatic heterocycles. The zero-order valence-electron chi connectivity index (χ0n) is 8.80. The molecule has 0 bridgehead atoms. The zero-order chi connectivity index (χ0) is 12.8. The molecule has 0 fully saturated rings. The van der Waals surface area contributed by atoms with E-state index in [1.54, 1.807) is 5.43 Å². The van der Waals surface area contributed by atoms with Gasteiger partial charge in [-0.3, -0.25) is 15.0 Å². The molecule has 92 valence electrons. The van der Waals surface area contributed by atoms with Crippen molar-refractivity contribution < 1.29 is 18.4 Å². The fourth-order valence-electron chi connectivity index (χ4n) is 1.17. The maximum Gasteiger partial charge on any atom is 0.323 e. The molecule has 0 saturated carbocycles. The average molecular weight is 243 g/mol. The Morgan fingerprint density at radius 1 is 1.29 bits per heavy atom. The summed E-state index contributed by atoms with van der Waals surface area (Å²) in [7, 11) is 0. The lowest BCUT2D eigenvalue weighted by molar-refractivity contribution is -0.139. The van der Waals surface area contributed by atoms with Gasteiger partial charge >= 0.3 is 11.8 Å². The second kappa shape index (κ2) is 5.90. The number of amides is 2. The summed E-state index contributed by atoms with van der Waals surface area (Å²) in [5, 5.41) is 2.24. The maximum absolute atomic E-state index is 12.9. The second-order valence-corrected chi connectivity index (χ2v) is 3.22. The minimum absolute atomic E-state index is 0.0144. The van der Waals surface area contributed by atoms with Gasteiger partial charge in [-0.15, -0.1) is 0 Å². The minimum atomic E-state index is -0.988. The van der Waals surface area contributed by atoms with E-state index in [1.165, 1.54) is 12.1 Å². The van der Waals surface area contributed by atoms with Crippen LogP contribution in [0.25, 0.3) is 0 Å². The van der Waals surface area contributed by atoms with Gasteiger partial charge in [0.05, 0.1) is 0 Å². The molecule has 4 N–H and O–H groups in total. The Hall–Kier alpha value is -2.02. The lowest BCUT2D eigenvalue weighted by atomic mass is 10.1. The van der Waals surface area contributed by atoms with E-state index in [4.69, 9.17) is 5.84 Å². The molecule has 0 aliphatic rings. The Labute approximate surface area is 96.0 Å². The van der Waals surface area contributed by atoms with Crippen LogP contribution in [-0.2, 0) is 22.8 Å². The highest BCUT2D eigenvalue weighted by Crippen LogP contribution is 2.11. The Morgan fingerprint density at radius 2 is 2.00 bits per heavy atom. The molecule has 1 rings (SSSR count). The van der Waals surface area contributed by atoms with Gasteiger partial charge in [0.15, 0.2) is 0 Å². The monoisotopic (exact) mass is 243 g/mol. The van der Waals surface area contributed by atoms with Crippen LogP contribution in [0.1, 0.15) is 11.1 Å². The largest absolute Gasteiger partial charge is 0.344 e. The van der Waals surface area contributed by atoms with Crippen molar-refractivity contribution in [3.8, 4) is 0 Å². The van der Waals surface area contributed by atoms with Gasteiger partial charge in [0.2, 0.25) is 0 Å². The van der Waals surface area contributed by atoms with Gasteiger partial charge in [0.25, 0.3) is 0 Å². The van der Waals surface area contributed by atoms with Gasteiger partial charge in [-0.1, -0.05) is 6.07 Å². The first-order chi connectivity index (χ1) is 8.08. The van der Waals surface area contributed by atoms with E-state index in [0.717, 1.165) is 6.07 Å². The van der Waals surface area contributed by atoms with Crippen LogP contribution in [-0.4, -0.2) is 11.8 Å². The topological polar surface area (TPSA) is 84.2 Å². The minimum Gasteiger partial charge on any atom is -0.344 e. The van der Waals surface area contributed by atoms with Gasteiger partial charge in [-0.25, -0.2) is 14.6 Å². The van der Waals surface area contributed by atoms with Crippen molar-refractivity contribution in [3.05, 3.63) is 35.1 Å². The highest BCUT2D eigenvalue weighted by molar-refractivity contribution is 6.34. The predicted octanol–water partition coefficient (Wildman–Crippen LogP) is -0.0987. The van der Waals surface area contributed by atoms with Gasteiger partial charge in [-0.2, -0.15) is 0 Å². The molecule has 0 heterocycles. The van der Waals surface area contributed by atoms with Crippen LogP contribution in [0.2, 0.25) is 0 Å². The van der Waals surface area contributed by atoms with Crippen LogP contribution in [0, 0.1) is 5.82 Å². The summed E-state index contributed by atoms with van der Waals surface area (Å²) in [6.07, 6.45) is 0. The molecule has 1 aromatic carbocycles. The number of benzene rings is 1. The molecule has 0 aliphatic carbocycles. The number of carbonyl (C=O) groups excluding carboxylic acids is 2. The summed E-state index contributed by atoms with van der Waals surface area (Å²) < 4.78 is 25.3. The summed E-state index contributed by atoms with van der Waals surface area (Å²) >= 11 is 0. The van der Waals surface area contributed by atoms with Crippen molar-refractivity contribution in [3.63, 3.8) is 0 Å². The third kappa shape index (κ3) is 3.49. The number of hydrogen-bond donors (Lipinski definition) is 3. The predicted molar refractivity (Wildman–Crippen MR) is 55.4 cm³/mol. The number of halogens is 2. The number of alkyl halides is 1. The van der Waals surface area contributed by atoms with Gasteiger partial charge in [-0.05, 0) is 17.7 Å². The van der Waals surface area contributed by atoms with Crippen LogP contribution in [0.15, 0.2) is 18.2 Å². The first-order valence-corrected chi connectivity index (χ1v) is 4.70. The van der Waals surface area contributed by atoms with Gasteiger partial charge in [0, 0.05) is 12.1 Å². The summed E-state index contributed by atoms with van der Waals surface area (Å²) in [5.74, 6) is 2.19. The van der Waals surface area contributed by atoms with E-state index in [0.29, 0.717) is 5.56 Å². The summed E-state index contributed by atoms with van der Waals surface area (Å²) in [6.45, 7) is -0.948. The SMILES string of the molecule is NNC(=O)C(=O)NCc1ccc(F)c(CF)c1. The first kappa shape index (κ1) is 13.0. The Kier molecular flexibility index (Phi) is 4.53. The van der Waals surface area contributed by atoms with Crippen molar-refractivity contribution in [1.82, 2.24) is 10.7 Å². The number of hydrogen-bond acceptors (Lipinski definition) is 3. The second-order valence-electron chi connectivity index (χ2n) is 3.22. The van der Waals surface area contributed by atoms with E-state index < -0.39 is 24.3 Å². The van der Waals surface area contributed by atoms with E-state index in [1.807, 2.05) is 0 Å². The molecule has 0 atom stereocenters. The van der Waals surface area contributed by atoms with E-state index in [-0.39, 0.29) is 12.1 Å². The molecule has 7 heteroatoms. The third-order valence-electron chi connectivity index (χ3n) is 2.04. The van der Waals surface area contributed by atoms with Gasteiger partial charge < -0.3 is 5.32 Å². The first-order valence-electron chi connectivity index (χ1n) is 4.70. The fourth-order valence-corrected chi connectivity index (χ4v) is 1.17. The van der Waals surface area contributed by atoms with Gasteiger partial charge in [0.1, 0.15) is 12.5 Å². The van der Waals surface area contributed by atoms with E-state index in [2.05, 4.69) is 5.32 Å². The average Bonchev–Trinajstić information content (AvgIpc) is 2.36. The van der Waals surface area contributed by atoms with Crippen LogP contribution >= 0.6 is 0 Å². The Bertz CT molecular complexity index is 438. The van der Waals surface area contributed by atoms with Crippen LogP contribution in [0.5, 0.6) is 0 Å². The molecule has 1 aromatic rings. The molecule has 5 nitrogen and oxygen atoms in total. The molecule has 0 radical (unpaired) electrons. The highest BCUT2D eigenvalue weighted by atomic mass is 19.1. The molecule has 0 saturated heterocycles. The molecule has 0 aromatic heterocycles. The number of rotatable bonds is 3. The maximum atomic E-state index is 12.9. The Balaban J connectivity index is 2.64.